The van der Waals surface area contributed by atoms with Crippen molar-refractivity contribution in [3.05, 3.63) is 30.0 Å². The number of alkyl halides is 2. The van der Waals surface area contributed by atoms with Crippen LogP contribution in [0.3, 0.4) is 0 Å². The smallest absolute Gasteiger partial charge is 0.342 e. The molecule has 1 aromatic carbocycles. The minimum Gasteiger partial charge on any atom is -0.495 e. The van der Waals surface area contributed by atoms with Crippen LogP contribution in [0.2, 0.25) is 0 Å². The molecule has 1 aliphatic carbocycles. The topological polar surface area (TPSA) is 112 Å². The van der Waals surface area contributed by atoms with E-state index in [1.165, 1.54) is 20.4 Å². The van der Waals surface area contributed by atoms with E-state index < -0.39 is 18.4 Å². The standard InChI is InChI=1S/C26H33F2N7O3/c1-34-20-14-30-25(33-22(20)35(15-26(27,28)24(34)37)18-6-4-3-5-7-18)32-19-9-8-16(12-21(19)38-2)23(36)31-17-10-11-29-13-17/h8-9,12,14,17-18,29H,3-7,10-11,13,15H2,1-2H3,(H,31,36)(H,30,32,33)/t17-/m0/s1. The Labute approximate surface area is 220 Å². The number of amides is 2. The average molecular weight is 530 g/mol. The lowest BCUT2D eigenvalue weighted by molar-refractivity contribution is -0.140. The van der Waals surface area contributed by atoms with Crippen molar-refractivity contribution in [1.29, 1.82) is 0 Å². The van der Waals surface area contributed by atoms with Gasteiger partial charge in [-0.15, -0.1) is 0 Å². The van der Waals surface area contributed by atoms with Gasteiger partial charge in [-0.1, -0.05) is 19.3 Å². The molecule has 1 atom stereocenters. The van der Waals surface area contributed by atoms with Crippen LogP contribution in [0.4, 0.5) is 31.9 Å². The zero-order valence-corrected chi connectivity index (χ0v) is 21.6. The molecule has 5 rings (SSSR count). The van der Waals surface area contributed by atoms with Crippen molar-refractivity contribution in [2.24, 2.45) is 0 Å². The highest BCUT2D eigenvalue weighted by Crippen LogP contribution is 2.39. The Bertz CT molecular complexity index is 1200. The summed E-state index contributed by atoms with van der Waals surface area (Å²) in [4.78, 5) is 36.7. The maximum Gasteiger partial charge on any atom is 0.342 e. The number of nitrogens with zero attached hydrogens (tertiary/aromatic N) is 4. The molecule has 1 saturated heterocycles. The lowest BCUT2D eigenvalue weighted by Crippen LogP contribution is -2.49. The fraction of sp³-hybridized carbons (Fsp3) is 0.538. The van der Waals surface area contributed by atoms with Crippen LogP contribution in [-0.2, 0) is 4.79 Å². The molecule has 1 aromatic heterocycles. The van der Waals surface area contributed by atoms with Gasteiger partial charge in [0.25, 0.3) is 11.8 Å². The largest absolute Gasteiger partial charge is 0.495 e. The summed E-state index contributed by atoms with van der Waals surface area (Å²) < 4.78 is 35.3. The van der Waals surface area contributed by atoms with E-state index in [4.69, 9.17) is 4.74 Å². The number of benzene rings is 1. The maximum absolute atomic E-state index is 14.9. The lowest BCUT2D eigenvalue weighted by atomic mass is 9.94. The monoisotopic (exact) mass is 529 g/mol. The van der Waals surface area contributed by atoms with E-state index in [0.717, 1.165) is 56.5 Å². The number of carbonyl (C=O) groups is 2. The second-order valence-corrected chi connectivity index (χ2v) is 10.1. The van der Waals surface area contributed by atoms with E-state index in [0.29, 0.717) is 22.8 Å². The SMILES string of the molecule is COc1cc(C(=O)N[C@H]2CCNC2)ccc1Nc1ncc2c(n1)N(C1CCCCC1)CC(F)(F)C(=O)N2C. The van der Waals surface area contributed by atoms with Gasteiger partial charge in [0.05, 0.1) is 25.5 Å². The first-order valence-electron chi connectivity index (χ1n) is 13.0. The molecule has 10 nitrogen and oxygen atoms in total. The number of methoxy groups -OCH3 is 1. The normalized spacial score (nSPS) is 21.6. The molecule has 12 heteroatoms. The van der Waals surface area contributed by atoms with Gasteiger partial charge in [0.2, 0.25) is 5.95 Å². The minimum atomic E-state index is -3.55. The number of halogens is 2. The molecule has 0 spiro atoms. The second kappa shape index (κ2) is 10.7. The van der Waals surface area contributed by atoms with Crippen molar-refractivity contribution in [1.82, 2.24) is 20.6 Å². The molecule has 204 valence electrons. The van der Waals surface area contributed by atoms with E-state index in [1.54, 1.807) is 23.1 Å². The van der Waals surface area contributed by atoms with E-state index >= 15 is 0 Å². The van der Waals surface area contributed by atoms with E-state index in [1.807, 2.05) is 0 Å². The highest BCUT2D eigenvalue weighted by molar-refractivity contribution is 6.02. The van der Waals surface area contributed by atoms with Crippen LogP contribution < -0.4 is 30.5 Å². The molecule has 0 radical (unpaired) electrons. The van der Waals surface area contributed by atoms with Crippen LogP contribution >= 0.6 is 0 Å². The third kappa shape index (κ3) is 5.22. The Morgan fingerprint density at radius 3 is 2.71 bits per heavy atom. The predicted octanol–water partition coefficient (Wildman–Crippen LogP) is 3.07. The van der Waals surface area contributed by atoms with Crippen LogP contribution in [0.1, 0.15) is 48.9 Å². The van der Waals surface area contributed by atoms with Crippen molar-refractivity contribution >= 4 is 35.0 Å². The molecule has 0 bridgehead atoms. The Hall–Kier alpha value is -3.54. The van der Waals surface area contributed by atoms with Crippen LogP contribution in [0.5, 0.6) is 5.75 Å². The molecule has 1 saturated carbocycles. The minimum absolute atomic E-state index is 0.0868. The van der Waals surface area contributed by atoms with Crippen LogP contribution in [0.25, 0.3) is 0 Å². The summed E-state index contributed by atoms with van der Waals surface area (Å²) in [6, 6.07) is 4.94. The number of hydrogen-bond donors (Lipinski definition) is 3. The van der Waals surface area contributed by atoms with Gasteiger partial charge in [0.1, 0.15) is 11.4 Å². The summed E-state index contributed by atoms with van der Waals surface area (Å²) >= 11 is 0. The van der Waals surface area contributed by atoms with Crippen LogP contribution in [0, 0.1) is 0 Å². The summed E-state index contributed by atoms with van der Waals surface area (Å²) in [5.41, 5.74) is 1.20. The van der Waals surface area contributed by atoms with Crippen molar-refractivity contribution in [2.75, 3.05) is 48.9 Å². The van der Waals surface area contributed by atoms with Gasteiger partial charge in [-0.05, 0) is 44.0 Å². The number of hydrogen-bond acceptors (Lipinski definition) is 8. The Balaban J connectivity index is 1.43. The summed E-state index contributed by atoms with van der Waals surface area (Å²) in [6.07, 6.45) is 6.73. The Kier molecular flexibility index (Phi) is 7.33. The summed E-state index contributed by atoms with van der Waals surface area (Å²) in [6.45, 7) is 0.883. The van der Waals surface area contributed by atoms with Gasteiger partial charge in [-0.25, -0.2) is 4.98 Å². The number of rotatable bonds is 6. The lowest BCUT2D eigenvalue weighted by Gasteiger charge is -2.35. The molecule has 3 N–H and O–H groups in total. The zero-order valence-electron chi connectivity index (χ0n) is 21.6. The van der Waals surface area contributed by atoms with E-state index in [-0.39, 0.29) is 29.6 Å². The first kappa shape index (κ1) is 26.1. The summed E-state index contributed by atoms with van der Waals surface area (Å²) in [5.74, 6) is -4.14. The van der Waals surface area contributed by atoms with Crippen LogP contribution in [0.15, 0.2) is 24.4 Å². The highest BCUT2D eigenvalue weighted by atomic mass is 19.3. The third-order valence-corrected chi connectivity index (χ3v) is 7.49. The summed E-state index contributed by atoms with van der Waals surface area (Å²) in [7, 11) is 2.82. The Morgan fingerprint density at radius 2 is 2.00 bits per heavy atom. The molecule has 38 heavy (non-hydrogen) atoms. The Morgan fingerprint density at radius 1 is 1.21 bits per heavy atom. The first-order valence-corrected chi connectivity index (χ1v) is 13.0. The molecule has 0 unspecified atom stereocenters. The van der Waals surface area contributed by atoms with E-state index in [9.17, 15) is 18.4 Å². The predicted molar refractivity (Wildman–Crippen MR) is 140 cm³/mol. The number of anilines is 4. The molecule has 2 fully saturated rings. The quantitative estimate of drug-likeness (QED) is 0.524. The van der Waals surface area contributed by atoms with Crippen LogP contribution in [-0.4, -0.2) is 73.6 Å². The van der Waals surface area contributed by atoms with Gasteiger partial charge in [0.15, 0.2) is 5.82 Å². The zero-order chi connectivity index (χ0) is 26.9. The maximum atomic E-state index is 14.9. The first-order chi connectivity index (χ1) is 18.3. The highest BCUT2D eigenvalue weighted by Gasteiger charge is 2.48. The molecule has 3 heterocycles. The fourth-order valence-corrected chi connectivity index (χ4v) is 5.38. The molecule has 2 amide bonds. The van der Waals surface area contributed by atoms with Gasteiger partial charge in [-0.3, -0.25) is 9.59 Å². The summed E-state index contributed by atoms with van der Waals surface area (Å²) in [5, 5.41) is 9.32. The van der Waals surface area contributed by atoms with Gasteiger partial charge in [-0.2, -0.15) is 13.8 Å². The van der Waals surface area contributed by atoms with Crippen molar-refractivity contribution < 1.29 is 23.1 Å². The average Bonchev–Trinajstić information content (AvgIpc) is 3.42. The van der Waals surface area contributed by atoms with Gasteiger partial charge in [0, 0.05) is 31.2 Å². The number of nitrogens with one attached hydrogen (secondary N) is 3. The third-order valence-electron chi connectivity index (χ3n) is 7.49. The number of fused-ring (bicyclic) bond motifs is 1. The number of carbonyl (C=O) groups excluding carboxylic acids is 2. The van der Waals surface area contributed by atoms with Crippen molar-refractivity contribution in [3.63, 3.8) is 0 Å². The van der Waals surface area contributed by atoms with Crippen molar-refractivity contribution in [2.45, 2.75) is 56.5 Å². The van der Waals surface area contributed by atoms with Crippen molar-refractivity contribution in [3.8, 4) is 5.75 Å². The molecule has 2 aromatic rings. The molecular weight excluding hydrogens is 496 g/mol. The van der Waals surface area contributed by atoms with Gasteiger partial charge < -0.3 is 30.5 Å². The molecule has 2 aliphatic heterocycles. The second-order valence-electron chi connectivity index (χ2n) is 10.1. The molecular formula is C26H33F2N7O3. The number of ether oxygens (including phenoxy) is 1. The van der Waals surface area contributed by atoms with Gasteiger partial charge >= 0.3 is 5.92 Å². The number of aromatic nitrogens is 2. The van der Waals surface area contributed by atoms with E-state index in [2.05, 4.69) is 25.9 Å². The molecule has 3 aliphatic rings. The fourth-order valence-electron chi connectivity index (χ4n) is 5.38.